The number of benzene rings is 1. The molecule has 2 aromatic rings. The second-order valence-corrected chi connectivity index (χ2v) is 4.72. The number of nitrogens with zero attached hydrogens (tertiary/aromatic N) is 3. The van der Waals surface area contributed by atoms with Crippen LogP contribution < -0.4 is 4.74 Å². The highest BCUT2D eigenvalue weighted by Crippen LogP contribution is 2.22. The van der Waals surface area contributed by atoms with E-state index < -0.39 is 0 Å². The van der Waals surface area contributed by atoms with Gasteiger partial charge in [0, 0.05) is 12.6 Å². The second kappa shape index (κ2) is 6.04. The fourth-order valence-electron chi connectivity index (χ4n) is 2.17. The summed E-state index contributed by atoms with van der Waals surface area (Å²) in [4.78, 5) is 6.71. The number of imidazole rings is 1. The molecule has 0 spiro atoms. The maximum atomic E-state index is 9.21. The molecule has 5 heteroatoms. The Morgan fingerprint density at radius 1 is 1.37 bits per heavy atom. The predicted molar refractivity (Wildman–Crippen MR) is 75.4 cm³/mol. The van der Waals surface area contributed by atoms with Crippen molar-refractivity contribution < 1.29 is 9.84 Å². The minimum atomic E-state index is 0.110. The third kappa shape index (κ3) is 3.05. The zero-order valence-corrected chi connectivity index (χ0v) is 11.8. The van der Waals surface area contributed by atoms with E-state index in [-0.39, 0.29) is 6.61 Å². The summed E-state index contributed by atoms with van der Waals surface area (Å²) in [6.45, 7) is 4.03. The number of ether oxygens (including phenoxy) is 1. The largest absolute Gasteiger partial charge is 0.494 e. The van der Waals surface area contributed by atoms with E-state index >= 15 is 0 Å². The van der Waals surface area contributed by atoms with Crippen molar-refractivity contribution in [1.29, 1.82) is 0 Å². The van der Waals surface area contributed by atoms with Crippen molar-refractivity contribution in [3.8, 4) is 5.75 Å². The van der Waals surface area contributed by atoms with Crippen LogP contribution in [0.1, 0.15) is 12.7 Å². The lowest BCUT2D eigenvalue weighted by atomic mass is 10.3. The maximum absolute atomic E-state index is 9.21. The van der Waals surface area contributed by atoms with Crippen LogP contribution >= 0.6 is 0 Å². The third-order valence-corrected chi connectivity index (χ3v) is 2.89. The Morgan fingerprint density at radius 3 is 2.79 bits per heavy atom. The van der Waals surface area contributed by atoms with Crippen LogP contribution in [0.5, 0.6) is 5.75 Å². The van der Waals surface area contributed by atoms with Crippen LogP contribution in [-0.2, 0) is 13.1 Å². The first-order valence-corrected chi connectivity index (χ1v) is 6.53. The van der Waals surface area contributed by atoms with Gasteiger partial charge in [0.05, 0.1) is 30.8 Å². The molecule has 0 atom stereocenters. The zero-order valence-electron chi connectivity index (χ0n) is 11.8. The van der Waals surface area contributed by atoms with Crippen molar-refractivity contribution in [3.63, 3.8) is 0 Å². The fraction of sp³-hybridized carbons (Fsp3) is 0.500. The average molecular weight is 263 g/mol. The maximum Gasteiger partial charge on any atom is 0.124 e. The molecule has 19 heavy (non-hydrogen) atoms. The van der Waals surface area contributed by atoms with Gasteiger partial charge in [-0.3, -0.25) is 0 Å². The first kappa shape index (κ1) is 13.8. The summed E-state index contributed by atoms with van der Waals surface area (Å²) in [5.41, 5.74) is 1.95. The van der Waals surface area contributed by atoms with Crippen LogP contribution in [0.15, 0.2) is 18.2 Å². The van der Waals surface area contributed by atoms with Crippen molar-refractivity contribution in [2.75, 3.05) is 27.3 Å². The molecule has 1 aromatic carbocycles. The van der Waals surface area contributed by atoms with Gasteiger partial charge in [-0.2, -0.15) is 0 Å². The highest BCUT2D eigenvalue weighted by molar-refractivity contribution is 5.77. The number of fused-ring (bicyclic) bond motifs is 1. The lowest BCUT2D eigenvalue weighted by Crippen LogP contribution is -2.16. The van der Waals surface area contributed by atoms with Gasteiger partial charge in [0.15, 0.2) is 0 Å². The van der Waals surface area contributed by atoms with Gasteiger partial charge in [-0.1, -0.05) is 0 Å². The molecule has 0 bridgehead atoms. The first-order valence-electron chi connectivity index (χ1n) is 6.53. The van der Waals surface area contributed by atoms with Gasteiger partial charge in [-0.15, -0.1) is 0 Å². The highest BCUT2D eigenvalue weighted by Gasteiger charge is 2.11. The molecule has 0 radical (unpaired) electrons. The van der Waals surface area contributed by atoms with Crippen LogP contribution in [0.3, 0.4) is 0 Å². The van der Waals surface area contributed by atoms with E-state index in [1.807, 2.05) is 39.2 Å². The van der Waals surface area contributed by atoms with E-state index in [4.69, 9.17) is 4.74 Å². The normalized spacial score (nSPS) is 11.4. The van der Waals surface area contributed by atoms with Gasteiger partial charge in [-0.25, -0.2) is 4.98 Å². The number of aromatic nitrogens is 2. The van der Waals surface area contributed by atoms with Gasteiger partial charge in [0.2, 0.25) is 0 Å². The summed E-state index contributed by atoms with van der Waals surface area (Å²) in [6.07, 6.45) is 0. The van der Waals surface area contributed by atoms with Gasteiger partial charge < -0.3 is 19.3 Å². The molecule has 0 aliphatic heterocycles. The van der Waals surface area contributed by atoms with Crippen LogP contribution in [0.2, 0.25) is 0 Å². The summed E-state index contributed by atoms with van der Waals surface area (Å²) in [5, 5.41) is 9.21. The van der Waals surface area contributed by atoms with E-state index in [2.05, 4.69) is 14.5 Å². The molecule has 0 unspecified atom stereocenters. The van der Waals surface area contributed by atoms with Crippen molar-refractivity contribution in [2.24, 2.45) is 0 Å². The molecule has 0 fully saturated rings. The van der Waals surface area contributed by atoms with Crippen LogP contribution in [0.25, 0.3) is 11.0 Å². The molecular weight excluding hydrogens is 242 g/mol. The Labute approximate surface area is 113 Å². The molecule has 2 rings (SSSR count). The summed E-state index contributed by atoms with van der Waals surface area (Å²) in [7, 11) is 4.02. The summed E-state index contributed by atoms with van der Waals surface area (Å²) < 4.78 is 7.56. The number of hydrogen-bond acceptors (Lipinski definition) is 4. The summed E-state index contributed by atoms with van der Waals surface area (Å²) in [6, 6.07) is 5.90. The van der Waals surface area contributed by atoms with Crippen LogP contribution in [0.4, 0.5) is 0 Å². The number of hydrogen-bond donors (Lipinski definition) is 1. The molecule has 0 amide bonds. The molecule has 0 saturated heterocycles. The van der Waals surface area contributed by atoms with E-state index in [1.165, 1.54) is 0 Å². The van der Waals surface area contributed by atoms with E-state index in [1.54, 1.807) is 0 Å². The van der Waals surface area contributed by atoms with E-state index in [0.29, 0.717) is 13.2 Å². The molecule has 1 aromatic heterocycles. The monoisotopic (exact) mass is 263 g/mol. The number of aliphatic hydroxyl groups excluding tert-OH is 1. The van der Waals surface area contributed by atoms with Crippen molar-refractivity contribution in [1.82, 2.24) is 14.5 Å². The summed E-state index contributed by atoms with van der Waals surface area (Å²) >= 11 is 0. The SMILES string of the molecule is CCOc1ccc2c(c1)nc(CN(C)C)n2CCO. The second-order valence-electron chi connectivity index (χ2n) is 4.72. The third-order valence-electron chi connectivity index (χ3n) is 2.89. The lowest BCUT2D eigenvalue weighted by Gasteiger charge is -2.11. The lowest BCUT2D eigenvalue weighted by molar-refractivity contribution is 0.272. The van der Waals surface area contributed by atoms with Crippen LogP contribution in [-0.4, -0.2) is 46.9 Å². The van der Waals surface area contributed by atoms with E-state index in [0.717, 1.165) is 29.2 Å². The molecule has 1 heterocycles. The smallest absolute Gasteiger partial charge is 0.124 e. The zero-order chi connectivity index (χ0) is 13.8. The molecule has 104 valence electrons. The average Bonchev–Trinajstić information content (AvgIpc) is 2.67. The molecule has 0 aliphatic rings. The molecule has 0 saturated carbocycles. The quantitative estimate of drug-likeness (QED) is 0.858. The van der Waals surface area contributed by atoms with Gasteiger partial charge in [0.1, 0.15) is 11.6 Å². The minimum absolute atomic E-state index is 0.110. The summed E-state index contributed by atoms with van der Waals surface area (Å²) in [5.74, 6) is 1.79. The molecular formula is C14H21N3O2. The number of rotatable bonds is 6. The minimum Gasteiger partial charge on any atom is -0.494 e. The predicted octanol–water partition coefficient (Wildman–Crippen LogP) is 1.49. The Bertz CT molecular complexity index is 549. The van der Waals surface area contributed by atoms with Crippen LogP contribution in [0, 0.1) is 0 Å². The number of aliphatic hydroxyl groups is 1. The van der Waals surface area contributed by atoms with Gasteiger partial charge >= 0.3 is 0 Å². The van der Waals surface area contributed by atoms with Crippen molar-refractivity contribution in [2.45, 2.75) is 20.0 Å². The molecule has 1 N–H and O–H groups in total. The van der Waals surface area contributed by atoms with E-state index in [9.17, 15) is 5.11 Å². The van der Waals surface area contributed by atoms with Gasteiger partial charge in [0.25, 0.3) is 0 Å². The highest BCUT2D eigenvalue weighted by atomic mass is 16.5. The molecule has 0 aliphatic carbocycles. The fourth-order valence-corrected chi connectivity index (χ4v) is 2.17. The first-order chi connectivity index (χ1) is 9.15. The Morgan fingerprint density at radius 2 is 2.16 bits per heavy atom. The Hall–Kier alpha value is -1.59. The Kier molecular flexibility index (Phi) is 4.39. The standard InChI is InChI=1S/C14H21N3O2/c1-4-19-11-5-6-13-12(9-11)15-14(10-16(2)3)17(13)7-8-18/h5-6,9,18H,4,7-8,10H2,1-3H3. The van der Waals surface area contributed by atoms with Crippen molar-refractivity contribution >= 4 is 11.0 Å². The van der Waals surface area contributed by atoms with Crippen molar-refractivity contribution in [3.05, 3.63) is 24.0 Å². The molecule has 5 nitrogen and oxygen atoms in total. The van der Waals surface area contributed by atoms with Gasteiger partial charge in [-0.05, 0) is 33.2 Å². The topological polar surface area (TPSA) is 50.5 Å². The Balaban J connectivity index is 2.45.